The van der Waals surface area contributed by atoms with E-state index in [1.165, 1.54) is 32.4 Å². The van der Waals surface area contributed by atoms with Crippen molar-refractivity contribution in [2.24, 2.45) is 5.92 Å². The molecule has 2 aliphatic heterocycles. The Bertz CT molecular complexity index is 266. The van der Waals surface area contributed by atoms with Crippen molar-refractivity contribution in [2.45, 2.75) is 45.2 Å². The topological polar surface area (TPSA) is 27.7 Å². The fourth-order valence-electron chi connectivity index (χ4n) is 3.48. The Kier molecular flexibility index (Phi) is 6.75. The average Bonchev–Trinajstić information content (AvgIpc) is 2.44. The first kappa shape index (κ1) is 16.2. The van der Waals surface area contributed by atoms with E-state index in [1.54, 1.807) is 0 Å². The monoisotopic (exact) mass is 283 g/mol. The van der Waals surface area contributed by atoms with Gasteiger partial charge in [-0.25, -0.2) is 0 Å². The molecule has 4 nitrogen and oxygen atoms in total. The number of hydrogen-bond acceptors (Lipinski definition) is 4. The predicted octanol–water partition coefficient (Wildman–Crippen LogP) is 1.42. The van der Waals surface area contributed by atoms with Crippen LogP contribution in [0.25, 0.3) is 0 Å². The number of piperidine rings is 1. The first-order chi connectivity index (χ1) is 9.65. The van der Waals surface area contributed by atoms with E-state index in [1.807, 2.05) is 0 Å². The van der Waals surface area contributed by atoms with Gasteiger partial charge in [-0.1, -0.05) is 13.8 Å². The van der Waals surface area contributed by atoms with Gasteiger partial charge in [0, 0.05) is 38.3 Å². The fourth-order valence-corrected chi connectivity index (χ4v) is 3.48. The molecule has 2 fully saturated rings. The Hall–Kier alpha value is -0.160. The van der Waals surface area contributed by atoms with Gasteiger partial charge >= 0.3 is 0 Å². The third-order valence-electron chi connectivity index (χ3n) is 4.57. The highest BCUT2D eigenvalue weighted by Crippen LogP contribution is 2.14. The van der Waals surface area contributed by atoms with Gasteiger partial charge in [-0.2, -0.15) is 0 Å². The number of rotatable bonds is 6. The van der Waals surface area contributed by atoms with Gasteiger partial charge in [0.1, 0.15) is 0 Å². The third kappa shape index (κ3) is 5.32. The number of nitrogens with one attached hydrogen (secondary N) is 1. The molecule has 1 N–H and O–H groups in total. The molecule has 0 aromatic rings. The van der Waals surface area contributed by atoms with Crippen molar-refractivity contribution in [1.29, 1.82) is 0 Å². The zero-order chi connectivity index (χ0) is 14.4. The molecule has 0 amide bonds. The quantitative estimate of drug-likeness (QED) is 0.798. The van der Waals surface area contributed by atoms with Gasteiger partial charge in [0.15, 0.2) is 0 Å². The standard InChI is InChI=1S/C16H33N3O/c1-14(2)11-16(19-7-9-20-10-8-19)12-17-15-5-4-6-18(3)13-15/h14-17H,4-13H2,1-3H3. The number of nitrogens with zero attached hydrogens (tertiary/aromatic N) is 2. The summed E-state index contributed by atoms with van der Waals surface area (Å²) < 4.78 is 5.49. The second kappa shape index (κ2) is 8.32. The lowest BCUT2D eigenvalue weighted by atomic mass is 10.0. The molecule has 20 heavy (non-hydrogen) atoms. The molecule has 2 saturated heterocycles. The second-order valence-electron chi connectivity index (χ2n) is 6.94. The van der Waals surface area contributed by atoms with Crippen molar-refractivity contribution in [2.75, 3.05) is 53.0 Å². The fraction of sp³-hybridized carbons (Fsp3) is 1.00. The summed E-state index contributed by atoms with van der Waals surface area (Å²) in [7, 11) is 2.24. The molecule has 0 bridgehead atoms. The van der Waals surface area contributed by atoms with Gasteiger partial charge in [-0.05, 0) is 38.8 Å². The molecule has 0 aliphatic carbocycles. The molecule has 0 aromatic heterocycles. The van der Waals surface area contributed by atoms with Gasteiger partial charge in [0.25, 0.3) is 0 Å². The van der Waals surface area contributed by atoms with Crippen LogP contribution in [0, 0.1) is 5.92 Å². The van der Waals surface area contributed by atoms with Crippen molar-refractivity contribution in [1.82, 2.24) is 15.1 Å². The lowest BCUT2D eigenvalue weighted by Gasteiger charge is -2.37. The SMILES string of the molecule is CC(C)CC(CNC1CCCN(C)C1)N1CCOCC1. The van der Waals surface area contributed by atoms with Crippen molar-refractivity contribution in [3.63, 3.8) is 0 Å². The molecule has 0 aromatic carbocycles. The minimum absolute atomic E-state index is 0.672. The summed E-state index contributed by atoms with van der Waals surface area (Å²) in [5.74, 6) is 0.763. The summed E-state index contributed by atoms with van der Waals surface area (Å²) in [6, 6.07) is 1.36. The van der Waals surface area contributed by atoms with E-state index in [9.17, 15) is 0 Å². The van der Waals surface area contributed by atoms with E-state index >= 15 is 0 Å². The van der Waals surface area contributed by atoms with E-state index in [0.29, 0.717) is 12.1 Å². The number of ether oxygens (including phenoxy) is 1. The summed E-state index contributed by atoms with van der Waals surface area (Å²) in [4.78, 5) is 5.08. The Balaban J connectivity index is 1.80. The van der Waals surface area contributed by atoms with Crippen LogP contribution in [-0.2, 0) is 4.74 Å². The van der Waals surface area contributed by atoms with Crippen LogP contribution in [0.5, 0.6) is 0 Å². The molecular weight excluding hydrogens is 250 g/mol. The number of morpholine rings is 1. The highest BCUT2D eigenvalue weighted by atomic mass is 16.5. The summed E-state index contributed by atoms with van der Waals surface area (Å²) in [5, 5.41) is 3.83. The van der Waals surface area contributed by atoms with Crippen LogP contribution in [0.3, 0.4) is 0 Å². The van der Waals surface area contributed by atoms with Gasteiger partial charge in [0.05, 0.1) is 13.2 Å². The highest BCUT2D eigenvalue weighted by Gasteiger charge is 2.24. The average molecular weight is 283 g/mol. The molecule has 118 valence electrons. The van der Waals surface area contributed by atoms with Crippen molar-refractivity contribution >= 4 is 0 Å². The number of likely N-dealkylation sites (tertiary alicyclic amines) is 1. The van der Waals surface area contributed by atoms with E-state index in [4.69, 9.17) is 4.74 Å². The van der Waals surface area contributed by atoms with Crippen LogP contribution in [-0.4, -0.2) is 74.9 Å². The Morgan fingerprint density at radius 1 is 1.20 bits per heavy atom. The van der Waals surface area contributed by atoms with Crippen LogP contribution in [0.4, 0.5) is 0 Å². The maximum absolute atomic E-state index is 5.49. The maximum Gasteiger partial charge on any atom is 0.0594 e. The predicted molar refractivity (Wildman–Crippen MR) is 84.2 cm³/mol. The van der Waals surface area contributed by atoms with E-state index < -0.39 is 0 Å². The van der Waals surface area contributed by atoms with Gasteiger partial charge < -0.3 is 15.0 Å². The van der Waals surface area contributed by atoms with E-state index in [2.05, 4.69) is 36.0 Å². The van der Waals surface area contributed by atoms with Crippen molar-refractivity contribution in [3.05, 3.63) is 0 Å². The van der Waals surface area contributed by atoms with Crippen LogP contribution in [0.1, 0.15) is 33.1 Å². The molecule has 0 radical (unpaired) electrons. The van der Waals surface area contributed by atoms with Crippen molar-refractivity contribution < 1.29 is 4.74 Å². The lowest BCUT2D eigenvalue weighted by molar-refractivity contribution is 0.0113. The van der Waals surface area contributed by atoms with Gasteiger partial charge in [0.2, 0.25) is 0 Å². The smallest absolute Gasteiger partial charge is 0.0594 e. The second-order valence-corrected chi connectivity index (χ2v) is 6.94. The summed E-state index contributed by atoms with van der Waals surface area (Å²) in [6.07, 6.45) is 3.96. The highest BCUT2D eigenvalue weighted by molar-refractivity contribution is 4.82. The Morgan fingerprint density at radius 3 is 2.60 bits per heavy atom. The zero-order valence-electron chi connectivity index (χ0n) is 13.6. The molecule has 0 saturated carbocycles. The number of hydrogen-bond donors (Lipinski definition) is 1. The first-order valence-corrected chi connectivity index (χ1v) is 8.39. The largest absolute Gasteiger partial charge is 0.379 e. The molecule has 0 spiro atoms. The van der Waals surface area contributed by atoms with E-state index in [-0.39, 0.29) is 0 Å². The molecule has 2 unspecified atom stereocenters. The van der Waals surface area contributed by atoms with Crippen LogP contribution >= 0.6 is 0 Å². The molecule has 2 heterocycles. The Labute approximate surface area is 124 Å². The van der Waals surface area contributed by atoms with Gasteiger partial charge in [-0.15, -0.1) is 0 Å². The van der Waals surface area contributed by atoms with E-state index in [0.717, 1.165) is 38.8 Å². The van der Waals surface area contributed by atoms with Crippen molar-refractivity contribution in [3.8, 4) is 0 Å². The van der Waals surface area contributed by atoms with Gasteiger partial charge in [-0.3, -0.25) is 4.90 Å². The van der Waals surface area contributed by atoms with Crippen LogP contribution in [0.2, 0.25) is 0 Å². The third-order valence-corrected chi connectivity index (χ3v) is 4.57. The molecular formula is C16H33N3O. The lowest BCUT2D eigenvalue weighted by Crippen LogP contribution is -2.52. The van der Waals surface area contributed by atoms with Crippen LogP contribution < -0.4 is 5.32 Å². The molecule has 2 aliphatic rings. The molecule has 2 atom stereocenters. The zero-order valence-corrected chi connectivity index (χ0v) is 13.6. The summed E-state index contributed by atoms with van der Waals surface area (Å²) in [6.45, 7) is 12.3. The molecule has 4 heteroatoms. The maximum atomic E-state index is 5.49. The normalized spacial score (nSPS) is 27.9. The first-order valence-electron chi connectivity index (χ1n) is 8.39. The van der Waals surface area contributed by atoms with Crippen LogP contribution in [0.15, 0.2) is 0 Å². The molecule has 2 rings (SSSR count). The Morgan fingerprint density at radius 2 is 1.95 bits per heavy atom. The number of likely N-dealkylation sites (N-methyl/N-ethyl adjacent to an activating group) is 1. The minimum Gasteiger partial charge on any atom is -0.379 e. The summed E-state index contributed by atoms with van der Waals surface area (Å²) in [5.41, 5.74) is 0. The minimum atomic E-state index is 0.672. The summed E-state index contributed by atoms with van der Waals surface area (Å²) >= 11 is 0.